The maximum atomic E-state index is 12.4. The van der Waals surface area contributed by atoms with Crippen LogP contribution >= 0.6 is 0 Å². The van der Waals surface area contributed by atoms with Crippen molar-refractivity contribution in [3.63, 3.8) is 0 Å². The third-order valence-corrected chi connectivity index (χ3v) is 4.51. The lowest BCUT2D eigenvalue weighted by atomic mass is 9.85. The summed E-state index contributed by atoms with van der Waals surface area (Å²) in [4.78, 5) is 13.0. The van der Waals surface area contributed by atoms with E-state index in [0.29, 0.717) is 16.2 Å². The Balaban J connectivity index is 2.64. The van der Waals surface area contributed by atoms with Crippen molar-refractivity contribution in [2.24, 2.45) is 0 Å². The van der Waals surface area contributed by atoms with E-state index in [2.05, 4.69) is 0 Å². The quantitative estimate of drug-likeness (QED) is 0.770. The number of carbonyl (C=O) groups is 1. The molecule has 0 fully saturated rings. The van der Waals surface area contributed by atoms with Gasteiger partial charge in [0.05, 0.1) is 5.56 Å². The topological polar surface area (TPSA) is 26.3 Å². The third-order valence-electron chi connectivity index (χ3n) is 3.28. The first-order chi connectivity index (χ1) is 8.18. The molecule has 0 saturated carbocycles. The zero-order valence-corrected chi connectivity index (χ0v) is 11.5. The van der Waals surface area contributed by atoms with Crippen LogP contribution in [0.25, 0.3) is 0 Å². The first kappa shape index (κ1) is 12.5. The molecule has 0 aromatic heterocycles. The van der Waals surface area contributed by atoms with Crippen LogP contribution in [0.1, 0.15) is 37.0 Å². The number of fused-ring (bicyclic) bond motifs is 1. The minimum Gasteiger partial charge on any atom is -0.481 e. The highest BCUT2D eigenvalue weighted by Crippen LogP contribution is 2.34. The van der Waals surface area contributed by atoms with Crippen molar-refractivity contribution in [2.75, 3.05) is 0 Å². The number of benzene rings is 1. The fourth-order valence-electron chi connectivity index (χ4n) is 2.16. The summed E-state index contributed by atoms with van der Waals surface area (Å²) in [6, 6.07) is 7.36. The highest BCUT2D eigenvalue weighted by molar-refractivity contribution is 8.17. The molecule has 0 spiro atoms. The standard InChI is InChI=1S/C13H14O2S2/c1-3-13(4-2)12(17-16)11(14)9-7-5-6-8-10(9)15-13/h5-8H,3-4H2,1-2H3. The lowest BCUT2D eigenvalue weighted by Crippen LogP contribution is -2.50. The van der Waals surface area contributed by atoms with Gasteiger partial charge in [-0.25, -0.2) is 0 Å². The molecule has 2 nitrogen and oxygen atoms in total. The summed E-state index contributed by atoms with van der Waals surface area (Å²) in [5.74, 6) is 0.699. The summed E-state index contributed by atoms with van der Waals surface area (Å²) in [5, 5.41) is 0. The summed E-state index contributed by atoms with van der Waals surface area (Å²) in [6.45, 7) is 4.05. The van der Waals surface area contributed by atoms with Gasteiger partial charge in [0.2, 0.25) is 5.78 Å². The van der Waals surface area contributed by atoms with Gasteiger partial charge >= 0.3 is 0 Å². The lowest BCUT2D eigenvalue weighted by Gasteiger charge is -2.37. The molecule has 0 bridgehead atoms. The zero-order chi connectivity index (χ0) is 12.5. The van der Waals surface area contributed by atoms with Crippen LogP contribution in [0.4, 0.5) is 0 Å². The smallest absolute Gasteiger partial charge is 0.207 e. The van der Waals surface area contributed by atoms with Crippen molar-refractivity contribution >= 4 is 31.7 Å². The molecule has 2 rings (SSSR count). The minimum atomic E-state index is -0.530. The molecule has 17 heavy (non-hydrogen) atoms. The molecule has 0 aliphatic carbocycles. The van der Waals surface area contributed by atoms with E-state index in [9.17, 15) is 4.79 Å². The average molecular weight is 266 g/mol. The molecular weight excluding hydrogens is 252 g/mol. The summed E-state index contributed by atoms with van der Waals surface area (Å²) >= 11 is 5.04. The molecule has 1 aromatic rings. The Kier molecular flexibility index (Phi) is 3.45. The van der Waals surface area contributed by atoms with Crippen LogP contribution in [0.5, 0.6) is 5.75 Å². The SMILES string of the molecule is CCC1(CC)Oc2ccccc2C(=O)C1=S=S. The van der Waals surface area contributed by atoms with E-state index < -0.39 is 5.60 Å². The van der Waals surface area contributed by atoms with Gasteiger partial charge < -0.3 is 4.74 Å². The Hall–Kier alpha value is -1.00. The van der Waals surface area contributed by atoms with Gasteiger partial charge in [-0.1, -0.05) is 35.9 Å². The largest absolute Gasteiger partial charge is 0.481 e. The predicted octanol–water partition coefficient (Wildman–Crippen LogP) is 2.54. The van der Waals surface area contributed by atoms with Gasteiger partial charge in [0, 0.05) is 0 Å². The molecule has 0 atom stereocenters. The van der Waals surface area contributed by atoms with Crippen molar-refractivity contribution < 1.29 is 9.53 Å². The molecule has 1 aromatic carbocycles. The Morgan fingerprint density at radius 1 is 1.29 bits per heavy atom. The minimum absolute atomic E-state index is 0.0237. The summed E-state index contributed by atoms with van der Waals surface area (Å²) in [7, 11) is 1.10. The molecule has 90 valence electrons. The van der Waals surface area contributed by atoms with Gasteiger partial charge in [-0.3, -0.25) is 4.79 Å². The maximum Gasteiger partial charge on any atom is 0.207 e. The van der Waals surface area contributed by atoms with Crippen molar-refractivity contribution in [3.05, 3.63) is 29.8 Å². The molecule has 1 aliphatic rings. The van der Waals surface area contributed by atoms with Crippen LogP contribution in [-0.4, -0.2) is 16.2 Å². The second-order valence-electron chi connectivity index (χ2n) is 4.04. The van der Waals surface area contributed by atoms with E-state index in [4.69, 9.17) is 15.9 Å². The van der Waals surface area contributed by atoms with Crippen molar-refractivity contribution in [1.29, 1.82) is 0 Å². The monoisotopic (exact) mass is 266 g/mol. The molecule has 1 heterocycles. The number of Topliss-reactive ketones (excluding diaryl/α,β-unsaturated/α-hetero) is 1. The van der Waals surface area contributed by atoms with E-state index in [1.54, 1.807) is 6.07 Å². The first-order valence-corrected chi connectivity index (χ1v) is 7.42. The molecule has 0 N–H and O–H groups in total. The van der Waals surface area contributed by atoms with Gasteiger partial charge in [-0.2, -0.15) is 0 Å². The molecule has 1 aliphatic heterocycles. The number of hydrogen-bond donors (Lipinski definition) is 0. The highest BCUT2D eigenvalue weighted by Gasteiger charge is 2.43. The fourth-order valence-corrected chi connectivity index (χ4v) is 3.51. The Morgan fingerprint density at radius 3 is 2.53 bits per heavy atom. The van der Waals surface area contributed by atoms with Gasteiger partial charge in [0.1, 0.15) is 16.2 Å². The normalized spacial score (nSPS) is 17.3. The van der Waals surface area contributed by atoms with Gasteiger partial charge in [-0.05, 0) is 36.2 Å². The van der Waals surface area contributed by atoms with Crippen molar-refractivity contribution in [2.45, 2.75) is 32.3 Å². The van der Waals surface area contributed by atoms with Crippen LogP contribution in [-0.2, 0) is 21.1 Å². The Morgan fingerprint density at radius 2 is 1.94 bits per heavy atom. The number of ketones is 1. The van der Waals surface area contributed by atoms with Crippen LogP contribution in [0.2, 0.25) is 0 Å². The second-order valence-corrected chi connectivity index (χ2v) is 5.12. The number of para-hydroxylation sites is 1. The van der Waals surface area contributed by atoms with E-state index in [1.165, 1.54) is 0 Å². The first-order valence-electron chi connectivity index (χ1n) is 5.68. The molecule has 0 radical (unpaired) electrons. The average Bonchev–Trinajstić information content (AvgIpc) is 2.38. The molecular formula is C13H14O2S2. The van der Waals surface area contributed by atoms with E-state index in [-0.39, 0.29) is 5.78 Å². The lowest BCUT2D eigenvalue weighted by molar-refractivity contribution is 0.0916. The Labute approximate surface area is 109 Å². The van der Waals surface area contributed by atoms with Gasteiger partial charge in [0.15, 0.2) is 0 Å². The van der Waals surface area contributed by atoms with Gasteiger partial charge in [-0.15, -0.1) is 0 Å². The fraction of sp³-hybridized carbons (Fsp3) is 0.385. The van der Waals surface area contributed by atoms with Crippen LogP contribution in [0.15, 0.2) is 24.3 Å². The molecule has 4 heteroatoms. The predicted molar refractivity (Wildman–Crippen MR) is 74.5 cm³/mol. The van der Waals surface area contributed by atoms with Gasteiger partial charge in [0.25, 0.3) is 0 Å². The highest BCUT2D eigenvalue weighted by atomic mass is 32.8. The van der Waals surface area contributed by atoms with Crippen molar-refractivity contribution in [1.82, 2.24) is 0 Å². The molecule has 0 amide bonds. The molecule has 0 unspecified atom stereocenters. The second kappa shape index (κ2) is 4.70. The number of ether oxygens (including phenoxy) is 1. The zero-order valence-electron chi connectivity index (χ0n) is 9.86. The summed E-state index contributed by atoms with van der Waals surface area (Å²) < 4.78 is 6.05. The van der Waals surface area contributed by atoms with E-state index >= 15 is 0 Å². The maximum absolute atomic E-state index is 12.4. The summed E-state index contributed by atoms with van der Waals surface area (Å²) in [5.41, 5.74) is 0.0927. The number of hydrogen-bond acceptors (Lipinski definition) is 3. The third kappa shape index (κ3) is 1.85. The van der Waals surface area contributed by atoms with Crippen LogP contribution in [0.3, 0.4) is 0 Å². The van der Waals surface area contributed by atoms with E-state index in [0.717, 1.165) is 22.8 Å². The molecule has 0 saturated heterocycles. The number of carbonyl (C=O) groups excluding carboxylic acids is 1. The Bertz CT molecular complexity index is 512. The van der Waals surface area contributed by atoms with E-state index in [1.807, 2.05) is 32.0 Å². The van der Waals surface area contributed by atoms with Crippen molar-refractivity contribution in [3.8, 4) is 5.75 Å². The number of rotatable bonds is 2. The van der Waals surface area contributed by atoms with Crippen LogP contribution < -0.4 is 4.74 Å². The summed E-state index contributed by atoms with van der Waals surface area (Å²) in [6.07, 6.45) is 1.51. The van der Waals surface area contributed by atoms with Crippen LogP contribution in [0, 0.1) is 0 Å².